The fourth-order valence-electron chi connectivity index (χ4n) is 1.80. The zero-order valence-corrected chi connectivity index (χ0v) is 10.4. The lowest BCUT2D eigenvalue weighted by atomic mass is 10.1. The molecule has 0 amide bonds. The molecule has 0 aliphatic heterocycles. The Labute approximate surface area is 102 Å². The van der Waals surface area contributed by atoms with E-state index in [0.29, 0.717) is 0 Å². The lowest BCUT2D eigenvalue weighted by Crippen LogP contribution is -2.06. The van der Waals surface area contributed by atoms with Crippen molar-refractivity contribution in [2.24, 2.45) is 0 Å². The first-order valence-electron chi connectivity index (χ1n) is 5.97. The molecule has 0 radical (unpaired) electrons. The normalized spacial score (nSPS) is 10.7. The van der Waals surface area contributed by atoms with Gasteiger partial charge in [0, 0.05) is 23.9 Å². The number of hydrogen-bond donors (Lipinski definition) is 1. The van der Waals surface area contributed by atoms with Gasteiger partial charge in [0.2, 0.25) is 0 Å². The molecule has 0 bridgehead atoms. The summed E-state index contributed by atoms with van der Waals surface area (Å²) in [5, 5.41) is 3.10. The van der Waals surface area contributed by atoms with Crippen molar-refractivity contribution in [1.82, 2.24) is 10.3 Å². The molecule has 0 saturated carbocycles. The van der Waals surface area contributed by atoms with Gasteiger partial charge < -0.3 is 9.73 Å². The Bertz CT molecular complexity index is 459. The summed E-state index contributed by atoms with van der Waals surface area (Å²) in [5.74, 6) is 0.994. The minimum Gasteiger partial charge on any atom is -0.468 e. The third kappa shape index (κ3) is 2.94. The van der Waals surface area contributed by atoms with Crippen LogP contribution in [0.2, 0.25) is 0 Å². The van der Waals surface area contributed by atoms with E-state index in [9.17, 15) is 0 Å². The Kier molecular flexibility index (Phi) is 3.94. The van der Waals surface area contributed by atoms with Gasteiger partial charge in [-0.1, -0.05) is 13.0 Å². The van der Waals surface area contributed by atoms with Crippen LogP contribution in [0.5, 0.6) is 0 Å². The van der Waals surface area contributed by atoms with Crippen molar-refractivity contribution in [3.05, 3.63) is 53.2 Å². The van der Waals surface area contributed by atoms with Crippen molar-refractivity contribution in [1.29, 1.82) is 0 Å². The van der Waals surface area contributed by atoms with Crippen LogP contribution in [0.15, 0.2) is 35.1 Å². The topological polar surface area (TPSA) is 38.1 Å². The predicted molar refractivity (Wildman–Crippen MR) is 67.9 cm³/mol. The molecule has 17 heavy (non-hydrogen) atoms. The number of aryl methyl sites for hydroxylation is 1. The van der Waals surface area contributed by atoms with Gasteiger partial charge in [-0.25, -0.2) is 0 Å². The van der Waals surface area contributed by atoms with Crippen LogP contribution >= 0.6 is 0 Å². The number of aromatic nitrogens is 1. The molecule has 0 unspecified atom stereocenters. The van der Waals surface area contributed by atoms with Crippen LogP contribution in [0.25, 0.3) is 0 Å². The highest BCUT2D eigenvalue weighted by atomic mass is 16.3. The van der Waals surface area contributed by atoms with Gasteiger partial charge in [-0.05, 0) is 31.2 Å². The first-order chi connectivity index (χ1) is 8.33. The highest BCUT2D eigenvalue weighted by Gasteiger charge is 2.06. The molecule has 3 heteroatoms. The highest BCUT2D eigenvalue weighted by molar-refractivity contribution is 5.25. The number of hydrogen-bond acceptors (Lipinski definition) is 3. The molecule has 2 rings (SSSR count). The van der Waals surface area contributed by atoms with E-state index in [2.05, 4.69) is 29.4 Å². The van der Waals surface area contributed by atoms with Crippen molar-refractivity contribution in [2.45, 2.75) is 26.3 Å². The summed E-state index contributed by atoms with van der Waals surface area (Å²) in [4.78, 5) is 4.46. The number of furan rings is 1. The molecule has 1 N–H and O–H groups in total. The van der Waals surface area contributed by atoms with Gasteiger partial charge in [-0.2, -0.15) is 0 Å². The maximum absolute atomic E-state index is 5.43. The highest BCUT2D eigenvalue weighted by Crippen LogP contribution is 2.14. The lowest BCUT2D eigenvalue weighted by molar-refractivity contribution is 0.491. The summed E-state index contributed by atoms with van der Waals surface area (Å²) in [6.07, 6.45) is 5.55. The molecule has 0 spiro atoms. The monoisotopic (exact) mass is 230 g/mol. The minimum absolute atomic E-state index is 0.759. The van der Waals surface area contributed by atoms with Crippen molar-refractivity contribution < 1.29 is 4.42 Å². The van der Waals surface area contributed by atoms with Gasteiger partial charge >= 0.3 is 0 Å². The molecule has 3 nitrogen and oxygen atoms in total. The molecular formula is C14H18N2O. The second kappa shape index (κ2) is 5.64. The van der Waals surface area contributed by atoms with Crippen molar-refractivity contribution >= 4 is 0 Å². The third-order valence-electron chi connectivity index (χ3n) is 2.84. The molecule has 2 heterocycles. The van der Waals surface area contributed by atoms with E-state index in [1.165, 1.54) is 11.1 Å². The molecule has 0 fully saturated rings. The smallest absolute Gasteiger partial charge is 0.121 e. The SMILES string of the molecule is CCc1ccc(Cc2ccoc2CNC)nc1. The van der Waals surface area contributed by atoms with E-state index in [-0.39, 0.29) is 0 Å². The van der Waals surface area contributed by atoms with Gasteiger partial charge in [-0.15, -0.1) is 0 Å². The Morgan fingerprint density at radius 3 is 2.82 bits per heavy atom. The molecule has 2 aromatic heterocycles. The first-order valence-corrected chi connectivity index (χ1v) is 5.97. The zero-order chi connectivity index (χ0) is 12.1. The van der Waals surface area contributed by atoms with Crippen LogP contribution in [-0.2, 0) is 19.4 Å². The van der Waals surface area contributed by atoms with Crippen LogP contribution in [0, 0.1) is 0 Å². The number of nitrogens with zero attached hydrogens (tertiary/aromatic N) is 1. The predicted octanol–water partition coefficient (Wildman–Crippen LogP) is 2.55. The first kappa shape index (κ1) is 11.9. The molecule has 0 atom stereocenters. The van der Waals surface area contributed by atoms with E-state index in [1.807, 2.05) is 19.3 Å². The van der Waals surface area contributed by atoms with E-state index in [0.717, 1.165) is 30.8 Å². The molecule has 0 aliphatic carbocycles. The maximum atomic E-state index is 5.43. The van der Waals surface area contributed by atoms with Crippen LogP contribution in [0.3, 0.4) is 0 Å². The Morgan fingerprint density at radius 1 is 1.29 bits per heavy atom. The van der Waals surface area contributed by atoms with Gasteiger partial charge in [0.15, 0.2) is 0 Å². The van der Waals surface area contributed by atoms with Crippen LogP contribution < -0.4 is 5.32 Å². The van der Waals surface area contributed by atoms with Gasteiger partial charge in [0.25, 0.3) is 0 Å². The third-order valence-corrected chi connectivity index (χ3v) is 2.84. The van der Waals surface area contributed by atoms with Crippen LogP contribution in [0.1, 0.15) is 29.5 Å². The largest absolute Gasteiger partial charge is 0.468 e. The summed E-state index contributed by atoms with van der Waals surface area (Å²) >= 11 is 0. The number of rotatable bonds is 5. The summed E-state index contributed by atoms with van der Waals surface area (Å²) in [6, 6.07) is 6.25. The molecule has 0 aliphatic rings. The summed E-state index contributed by atoms with van der Waals surface area (Å²) in [6.45, 7) is 2.90. The number of nitrogens with one attached hydrogen (secondary N) is 1. The second-order valence-electron chi connectivity index (χ2n) is 4.09. The fourth-order valence-corrected chi connectivity index (χ4v) is 1.80. The van der Waals surface area contributed by atoms with Crippen molar-refractivity contribution in [2.75, 3.05) is 7.05 Å². The second-order valence-corrected chi connectivity index (χ2v) is 4.09. The molecule has 0 aromatic carbocycles. The van der Waals surface area contributed by atoms with E-state index in [4.69, 9.17) is 4.42 Å². The van der Waals surface area contributed by atoms with E-state index < -0.39 is 0 Å². The summed E-state index contributed by atoms with van der Waals surface area (Å²) < 4.78 is 5.43. The standard InChI is InChI=1S/C14H18N2O/c1-3-11-4-5-13(16-9-11)8-12-6-7-17-14(12)10-15-2/h4-7,9,15H,3,8,10H2,1-2H3. The van der Waals surface area contributed by atoms with Crippen molar-refractivity contribution in [3.8, 4) is 0 Å². The Balaban J connectivity index is 2.10. The zero-order valence-electron chi connectivity index (χ0n) is 10.4. The minimum atomic E-state index is 0.759. The summed E-state index contributed by atoms with van der Waals surface area (Å²) in [5.41, 5.74) is 3.56. The van der Waals surface area contributed by atoms with Gasteiger partial charge in [0.05, 0.1) is 12.8 Å². The summed E-state index contributed by atoms with van der Waals surface area (Å²) in [7, 11) is 1.92. The average molecular weight is 230 g/mol. The quantitative estimate of drug-likeness (QED) is 0.857. The van der Waals surface area contributed by atoms with Crippen LogP contribution in [-0.4, -0.2) is 12.0 Å². The Morgan fingerprint density at radius 2 is 2.18 bits per heavy atom. The van der Waals surface area contributed by atoms with Gasteiger partial charge in [-0.3, -0.25) is 4.98 Å². The Hall–Kier alpha value is -1.61. The lowest BCUT2D eigenvalue weighted by Gasteiger charge is -2.03. The maximum Gasteiger partial charge on any atom is 0.121 e. The molecule has 2 aromatic rings. The fraction of sp³-hybridized carbons (Fsp3) is 0.357. The molecular weight excluding hydrogens is 212 g/mol. The van der Waals surface area contributed by atoms with E-state index >= 15 is 0 Å². The van der Waals surface area contributed by atoms with Crippen molar-refractivity contribution in [3.63, 3.8) is 0 Å². The average Bonchev–Trinajstić information content (AvgIpc) is 2.78. The molecule has 0 saturated heterocycles. The molecule has 90 valence electrons. The van der Waals surface area contributed by atoms with Crippen LogP contribution in [0.4, 0.5) is 0 Å². The van der Waals surface area contributed by atoms with E-state index in [1.54, 1.807) is 6.26 Å². The number of pyridine rings is 1. The van der Waals surface area contributed by atoms with Gasteiger partial charge in [0.1, 0.15) is 5.76 Å².